The van der Waals surface area contributed by atoms with Crippen LogP contribution in [-0.2, 0) is 17.6 Å². The zero-order chi connectivity index (χ0) is 28.3. The third-order valence-electron chi connectivity index (χ3n) is 5.76. The number of nitrogens with one attached hydrogen (secondary N) is 3. The van der Waals surface area contributed by atoms with Crippen LogP contribution in [0.3, 0.4) is 0 Å². The van der Waals surface area contributed by atoms with E-state index in [1.807, 2.05) is 66.9 Å². The summed E-state index contributed by atoms with van der Waals surface area (Å²) in [5.74, 6) is 0.871. The van der Waals surface area contributed by atoms with Crippen LogP contribution in [-0.4, -0.2) is 37.8 Å². The molecule has 208 valence electrons. The molecule has 40 heavy (non-hydrogen) atoms. The minimum Gasteiger partial charge on any atom is -0.431 e. The molecule has 0 radical (unpaired) electrons. The Morgan fingerprint density at radius 1 is 1.12 bits per heavy atom. The summed E-state index contributed by atoms with van der Waals surface area (Å²) < 4.78 is 25.3. The molecule has 0 bridgehead atoms. The van der Waals surface area contributed by atoms with Gasteiger partial charge in [-0.2, -0.15) is 5.10 Å². The normalized spacial score (nSPS) is 12.9. The number of benzene rings is 3. The number of amides is 1. The minimum atomic E-state index is -1.83. The fraction of sp³-hybridized carbons (Fsp3) is 0.179. The third kappa shape index (κ3) is 8.71. The van der Waals surface area contributed by atoms with Crippen LogP contribution in [0.2, 0.25) is 0 Å². The van der Waals surface area contributed by atoms with Gasteiger partial charge in [-0.3, -0.25) is 4.79 Å². The molecule has 4 aromatic rings. The minimum absolute atomic E-state index is 0.134. The van der Waals surface area contributed by atoms with Crippen molar-refractivity contribution >= 4 is 39.8 Å². The molecule has 0 aliphatic rings. The smallest absolute Gasteiger partial charge is 0.278 e. The summed E-state index contributed by atoms with van der Waals surface area (Å²) in [4.78, 5) is 16.9. The Morgan fingerprint density at radius 3 is 2.65 bits per heavy atom. The second-order valence-corrected chi connectivity index (χ2v) is 10.7. The highest BCUT2D eigenvalue weighted by molar-refractivity contribution is 7.79. The maximum atomic E-state index is 12.8. The monoisotopic (exact) mass is 578 g/mol. The first-order valence-electron chi connectivity index (χ1n) is 12.4. The lowest BCUT2D eigenvalue weighted by Gasteiger charge is -2.14. The number of thiazole rings is 1. The van der Waals surface area contributed by atoms with Crippen LogP contribution in [0.4, 0.5) is 5.69 Å². The number of hydrogen-bond acceptors (Lipinski definition) is 8. The van der Waals surface area contributed by atoms with Gasteiger partial charge in [0, 0.05) is 41.5 Å². The van der Waals surface area contributed by atoms with E-state index in [0.717, 1.165) is 11.1 Å². The Bertz CT molecular complexity index is 1460. The topological polar surface area (TPSA) is 151 Å². The van der Waals surface area contributed by atoms with Gasteiger partial charge in [-0.05, 0) is 54.4 Å². The molecule has 3 aromatic carbocycles. The molecule has 0 saturated carbocycles. The van der Waals surface area contributed by atoms with Gasteiger partial charge < -0.3 is 31.1 Å². The standard InChI is InChI=1S/C28H30N6O4S2/c1-19(33-34-26(29)22-5-3-7-25(17-22)38-28-31-12-14-39-28)21-8-10-24(11-9-21)32-27(35)23-6-2-4-20(16-23)18-30-13-15-40(36)37/h2-12,14,16-17,19,30,33H,13,15,18H2,1H3,(H2,29,34)(H,32,35)(H,36,37). The van der Waals surface area contributed by atoms with Crippen molar-refractivity contribution in [1.82, 2.24) is 15.7 Å². The van der Waals surface area contributed by atoms with Crippen LogP contribution in [0.25, 0.3) is 0 Å². The predicted molar refractivity (Wildman–Crippen MR) is 159 cm³/mol. The Kier molecular flexibility index (Phi) is 10.4. The van der Waals surface area contributed by atoms with Crippen molar-refractivity contribution < 1.29 is 18.3 Å². The Morgan fingerprint density at radius 2 is 1.90 bits per heavy atom. The highest BCUT2D eigenvalue weighted by Gasteiger charge is 2.10. The van der Waals surface area contributed by atoms with Crippen LogP contribution in [0, 0.1) is 0 Å². The molecule has 6 N–H and O–H groups in total. The molecule has 2 atom stereocenters. The van der Waals surface area contributed by atoms with Crippen molar-refractivity contribution in [3.63, 3.8) is 0 Å². The van der Waals surface area contributed by atoms with Crippen molar-refractivity contribution in [2.75, 3.05) is 17.6 Å². The summed E-state index contributed by atoms with van der Waals surface area (Å²) in [6, 6.07) is 21.9. The van der Waals surface area contributed by atoms with E-state index in [1.165, 1.54) is 11.3 Å². The molecule has 1 amide bonds. The molecular formula is C28H30N6O4S2. The molecule has 10 nitrogen and oxygen atoms in total. The van der Waals surface area contributed by atoms with Gasteiger partial charge in [0.15, 0.2) is 16.9 Å². The lowest BCUT2D eigenvalue weighted by molar-refractivity contribution is 0.102. The molecule has 0 aliphatic carbocycles. The van der Waals surface area contributed by atoms with Gasteiger partial charge in [-0.15, -0.1) is 0 Å². The molecule has 0 fully saturated rings. The second-order valence-electron chi connectivity index (χ2n) is 8.75. The molecule has 2 unspecified atom stereocenters. The maximum Gasteiger partial charge on any atom is 0.278 e. The number of nitrogens with zero attached hydrogens (tertiary/aromatic N) is 2. The lowest BCUT2D eigenvalue weighted by Crippen LogP contribution is -2.21. The molecular weight excluding hydrogens is 548 g/mol. The molecule has 4 rings (SSSR count). The summed E-state index contributed by atoms with van der Waals surface area (Å²) in [7, 11) is 0. The second kappa shape index (κ2) is 14.3. The summed E-state index contributed by atoms with van der Waals surface area (Å²) in [6.07, 6.45) is 1.68. The number of anilines is 1. The van der Waals surface area contributed by atoms with Crippen LogP contribution >= 0.6 is 11.3 Å². The van der Waals surface area contributed by atoms with Gasteiger partial charge >= 0.3 is 0 Å². The fourth-order valence-corrected chi connectivity index (χ4v) is 4.48. The average molecular weight is 579 g/mol. The largest absolute Gasteiger partial charge is 0.431 e. The average Bonchev–Trinajstić information content (AvgIpc) is 3.47. The number of amidine groups is 1. The number of ether oxygens (including phenoxy) is 1. The number of hydrazone groups is 1. The SMILES string of the molecule is CC(N/N=C(\N)c1cccc(Oc2nccs2)c1)c1ccc(NC(=O)c2cccc(CNCCS(=O)O)c2)cc1. The van der Waals surface area contributed by atoms with Gasteiger partial charge in [-0.25, -0.2) is 9.19 Å². The number of nitrogens with two attached hydrogens (primary N) is 1. The number of carbonyl (C=O) groups excluding carboxylic acids is 1. The Hall–Kier alpha value is -4.10. The number of hydrogen-bond donors (Lipinski definition) is 5. The van der Waals surface area contributed by atoms with Crippen LogP contribution < -0.4 is 26.5 Å². The summed E-state index contributed by atoms with van der Waals surface area (Å²) in [6.45, 7) is 2.87. The Balaban J connectivity index is 1.30. The van der Waals surface area contributed by atoms with Crippen LogP contribution in [0.5, 0.6) is 10.9 Å². The van der Waals surface area contributed by atoms with E-state index in [0.29, 0.717) is 46.7 Å². The molecule has 1 heterocycles. The maximum absolute atomic E-state index is 12.8. The third-order valence-corrected chi connectivity index (χ3v) is 6.97. The highest BCUT2D eigenvalue weighted by atomic mass is 32.2. The van der Waals surface area contributed by atoms with E-state index in [2.05, 4.69) is 26.1 Å². The Labute approximate surface area is 239 Å². The molecule has 1 aromatic heterocycles. The zero-order valence-electron chi connectivity index (χ0n) is 21.7. The predicted octanol–water partition coefficient (Wildman–Crippen LogP) is 4.47. The first-order valence-corrected chi connectivity index (χ1v) is 14.6. The van der Waals surface area contributed by atoms with Crippen molar-refractivity contribution in [2.24, 2.45) is 10.8 Å². The lowest BCUT2D eigenvalue weighted by atomic mass is 10.1. The van der Waals surface area contributed by atoms with Gasteiger partial charge in [0.05, 0.1) is 11.8 Å². The first kappa shape index (κ1) is 28.9. The van der Waals surface area contributed by atoms with Crippen molar-refractivity contribution in [3.8, 4) is 10.9 Å². The fourth-order valence-electron chi connectivity index (χ4n) is 3.66. The van der Waals surface area contributed by atoms with E-state index < -0.39 is 11.1 Å². The number of aromatic nitrogens is 1. The van der Waals surface area contributed by atoms with E-state index in [4.69, 9.17) is 15.0 Å². The first-order chi connectivity index (χ1) is 19.4. The molecule has 0 saturated heterocycles. The van der Waals surface area contributed by atoms with Crippen molar-refractivity contribution in [2.45, 2.75) is 19.5 Å². The summed E-state index contributed by atoms with van der Waals surface area (Å²) in [5.41, 5.74) is 13.0. The van der Waals surface area contributed by atoms with Gasteiger partial charge in [0.1, 0.15) is 5.75 Å². The van der Waals surface area contributed by atoms with Gasteiger partial charge in [0.25, 0.3) is 11.1 Å². The van der Waals surface area contributed by atoms with Gasteiger partial charge in [0.2, 0.25) is 0 Å². The molecule has 0 spiro atoms. The van der Waals surface area contributed by atoms with Crippen molar-refractivity contribution in [1.29, 1.82) is 0 Å². The highest BCUT2D eigenvalue weighted by Crippen LogP contribution is 2.24. The molecule has 0 aliphatic heterocycles. The summed E-state index contributed by atoms with van der Waals surface area (Å²) >= 11 is -0.424. The number of rotatable bonds is 13. The van der Waals surface area contributed by atoms with Gasteiger partial charge in [-0.1, -0.05) is 47.7 Å². The van der Waals surface area contributed by atoms with E-state index in [9.17, 15) is 9.00 Å². The molecule has 12 heteroatoms. The number of carbonyl (C=O) groups is 1. The van der Waals surface area contributed by atoms with Crippen molar-refractivity contribution in [3.05, 3.63) is 107 Å². The van der Waals surface area contributed by atoms with Crippen LogP contribution in [0.1, 0.15) is 40.0 Å². The van der Waals surface area contributed by atoms with E-state index in [1.54, 1.807) is 24.4 Å². The summed E-state index contributed by atoms with van der Waals surface area (Å²) in [5, 5.41) is 12.7. The van der Waals surface area contributed by atoms with E-state index >= 15 is 0 Å². The zero-order valence-corrected chi connectivity index (χ0v) is 23.4. The van der Waals surface area contributed by atoms with E-state index in [-0.39, 0.29) is 17.7 Å². The van der Waals surface area contributed by atoms with Crippen LogP contribution in [0.15, 0.2) is 89.5 Å². The quantitative estimate of drug-likeness (QED) is 0.0513.